The van der Waals surface area contributed by atoms with E-state index in [0.29, 0.717) is 5.92 Å². The summed E-state index contributed by atoms with van der Waals surface area (Å²) in [6.07, 6.45) is 2.41. The summed E-state index contributed by atoms with van der Waals surface area (Å²) in [6, 6.07) is 6.41. The van der Waals surface area contributed by atoms with Gasteiger partial charge in [-0.05, 0) is 75.0 Å². The summed E-state index contributed by atoms with van der Waals surface area (Å²) in [6.45, 7) is 7.87. The molecule has 1 saturated carbocycles. The van der Waals surface area contributed by atoms with Gasteiger partial charge in [-0.25, -0.2) is 0 Å². The molecule has 0 aromatic heterocycles. The lowest BCUT2D eigenvalue weighted by Gasteiger charge is -2.26. The third kappa shape index (κ3) is 3.90. The summed E-state index contributed by atoms with van der Waals surface area (Å²) in [5, 5.41) is 11.0. The number of aryl methyl sites for hydroxylation is 1. The fraction of sp³-hybridized carbons (Fsp3) is 0.684. The molecule has 0 spiro atoms. The summed E-state index contributed by atoms with van der Waals surface area (Å²) in [5.74, 6) is 0.712. The van der Waals surface area contributed by atoms with Crippen LogP contribution in [0.4, 0.5) is 0 Å². The minimum Gasteiger partial charge on any atom is -0.366 e. The minimum absolute atomic E-state index is 0.220. The van der Waals surface area contributed by atoms with Crippen molar-refractivity contribution in [1.29, 1.82) is 0 Å². The van der Waals surface area contributed by atoms with Crippen molar-refractivity contribution in [3.8, 4) is 0 Å². The summed E-state index contributed by atoms with van der Waals surface area (Å²) >= 11 is 6.32. The van der Waals surface area contributed by atoms with E-state index in [1.807, 2.05) is 20.8 Å². The molecule has 4 unspecified atom stereocenters. The first-order valence-corrected chi connectivity index (χ1v) is 8.94. The first kappa shape index (κ1) is 17.2. The molecule has 1 aromatic carbocycles. The second kappa shape index (κ2) is 6.36. The number of hydrogen-bond acceptors (Lipinski definition) is 3. The first-order valence-electron chi connectivity index (χ1n) is 8.56. The predicted molar refractivity (Wildman–Crippen MR) is 91.5 cm³/mol. The van der Waals surface area contributed by atoms with Crippen LogP contribution < -0.4 is 0 Å². The van der Waals surface area contributed by atoms with E-state index in [1.165, 1.54) is 18.4 Å². The van der Waals surface area contributed by atoms with Crippen molar-refractivity contribution in [2.24, 2.45) is 11.8 Å². The van der Waals surface area contributed by atoms with Crippen molar-refractivity contribution < 1.29 is 14.6 Å². The lowest BCUT2D eigenvalue weighted by atomic mass is 9.83. The van der Waals surface area contributed by atoms with Crippen LogP contribution in [-0.4, -0.2) is 23.3 Å². The van der Waals surface area contributed by atoms with Gasteiger partial charge in [0.05, 0.1) is 0 Å². The van der Waals surface area contributed by atoms with Gasteiger partial charge in [0.15, 0.2) is 12.1 Å². The standard InChI is InChI=1S/C19H27ClO3/c1-11-5-6-14(10-16(11)20)15(13-7-8-13)9-12(2)17-18(21)23-19(3,4)22-17/h5-6,10,12-13,15,17-18,21H,7-9H2,1-4H3. The van der Waals surface area contributed by atoms with Crippen LogP contribution >= 0.6 is 11.6 Å². The Labute approximate surface area is 143 Å². The molecule has 4 heteroatoms. The van der Waals surface area contributed by atoms with E-state index >= 15 is 0 Å². The van der Waals surface area contributed by atoms with E-state index in [9.17, 15) is 5.11 Å². The van der Waals surface area contributed by atoms with Crippen molar-refractivity contribution in [2.75, 3.05) is 0 Å². The number of benzene rings is 1. The van der Waals surface area contributed by atoms with Crippen molar-refractivity contribution in [1.82, 2.24) is 0 Å². The zero-order valence-electron chi connectivity index (χ0n) is 14.4. The molecule has 4 atom stereocenters. The quantitative estimate of drug-likeness (QED) is 0.850. The van der Waals surface area contributed by atoms with Gasteiger partial charge >= 0.3 is 0 Å². The average Bonchev–Trinajstić information content (AvgIpc) is 3.25. The molecule has 0 bridgehead atoms. The van der Waals surface area contributed by atoms with E-state index in [2.05, 4.69) is 25.1 Å². The Kier molecular flexibility index (Phi) is 4.76. The molecule has 3 nitrogen and oxygen atoms in total. The fourth-order valence-corrected chi connectivity index (χ4v) is 3.83. The van der Waals surface area contributed by atoms with E-state index in [-0.39, 0.29) is 12.0 Å². The number of hydrogen-bond donors (Lipinski definition) is 1. The van der Waals surface area contributed by atoms with Crippen LogP contribution in [0.25, 0.3) is 0 Å². The van der Waals surface area contributed by atoms with Gasteiger partial charge < -0.3 is 14.6 Å². The Hall–Kier alpha value is -0.610. The van der Waals surface area contributed by atoms with Gasteiger partial charge in [0.25, 0.3) is 0 Å². The zero-order chi connectivity index (χ0) is 16.8. The summed E-state index contributed by atoms with van der Waals surface area (Å²) in [5.41, 5.74) is 2.42. The second-order valence-corrected chi connectivity index (χ2v) is 8.06. The van der Waals surface area contributed by atoms with Gasteiger partial charge in [-0.1, -0.05) is 30.7 Å². The molecule has 2 aliphatic rings. The zero-order valence-corrected chi connectivity index (χ0v) is 15.1. The van der Waals surface area contributed by atoms with Gasteiger partial charge in [-0.15, -0.1) is 0 Å². The number of halogens is 1. The van der Waals surface area contributed by atoms with Crippen LogP contribution in [0.1, 0.15) is 57.1 Å². The van der Waals surface area contributed by atoms with Crippen LogP contribution in [0.5, 0.6) is 0 Å². The molecule has 0 amide bonds. The highest BCUT2D eigenvalue weighted by Crippen LogP contribution is 2.47. The topological polar surface area (TPSA) is 38.7 Å². The Morgan fingerprint density at radius 1 is 1.30 bits per heavy atom. The molecule has 128 valence electrons. The maximum absolute atomic E-state index is 10.1. The lowest BCUT2D eigenvalue weighted by molar-refractivity contribution is -0.174. The molecule has 1 aliphatic carbocycles. The van der Waals surface area contributed by atoms with Gasteiger partial charge in [0.1, 0.15) is 6.10 Å². The summed E-state index contributed by atoms with van der Waals surface area (Å²) in [4.78, 5) is 0. The molecule has 1 heterocycles. The average molecular weight is 339 g/mol. The highest BCUT2D eigenvalue weighted by molar-refractivity contribution is 6.31. The Morgan fingerprint density at radius 2 is 2.00 bits per heavy atom. The van der Waals surface area contributed by atoms with Crippen molar-refractivity contribution in [3.05, 3.63) is 34.3 Å². The third-order valence-corrected chi connectivity index (χ3v) is 5.51. The molecule has 1 aliphatic heterocycles. The number of aliphatic hydroxyl groups excluding tert-OH is 1. The van der Waals surface area contributed by atoms with E-state index < -0.39 is 12.1 Å². The lowest BCUT2D eigenvalue weighted by Crippen LogP contribution is -2.30. The summed E-state index contributed by atoms with van der Waals surface area (Å²) in [7, 11) is 0. The number of rotatable bonds is 5. The minimum atomic E-state index is -0.846. The Morgan fingerprint density at radius 3 is 2.52 bits per heavy atom. The van der Waals surface area contributed by atoms with Crippen LogP contribution in [0.2, 0.25) is 5.02 Å². The highest BCUT2D eigenvalue weighted by atomic mass is 35.5. The highest BCUT2D eigenvalue weighted by Gasteiger charge is 2.44. The normalized spacial score (nSPS) is 29.5. The smallest absolute Gasteiger partial charge is 0.184 e. The summed E-state index contributed by atoms with van der Waals surface area (Å²) < 4.78 is 11.4. The molecule has 1 aromatic rings. The Bertz CT molecular complexity index is 568. The van der Waals surface area contributed by atoms with Gasteiger partial charge in [-0.3, -0.25) is 0 Å². The van der Waals surface area contributed by atoms with Crippen LogP contribution in [-0.2, 0) is 9.47 Å². The maximum atomic E-state index is 10.1. The molecule has 1 N–H and O–H groups in total. The van der Waals surface area contributed by atoms with E-state index in [0.717, 1.165) is 22.9 Å². The first-order chi connectivity index (χ1) is 10.8. The van der Waals surface area contributed by atoms with Crippen molar-refractivity contribution in [2.45, 2.75) is 71.1 Å². The van der Waals surface area contributed by atoms with Crippen molar-refractivity contribution in [3.63, 3.8) is 0 Å². The number of ether oxygens (including phenoxy) is 2. The van der Waals surface area contributed by atoms with E-state index in [1.54, 1.807) is 0 Å². The second-order valence-electron chi connectivity index (χ2n) is 7.66. The predicted octanol–water partition coefficient (Wildman–Crippen LogP) is 4.64. The molecule has 0 radical (unpaired) electrons. The molecular formula is C19H27ClO3. The monoisotopic (exact) mass is 338 g/mol. The van der Waals surface area contributed by atoms with Crippen molar-refractivity contribution >= 4 is 11.6 Å². The molecule has 1 saturated heterocycles. The maximum Gasteiger partial charge on any atom is 0.184 e. The van der Waals surface area contributed by atoms with Gasteiger partial charge in [0.2, 0.25) is 0 Å². The molecule has 23 heavy (non-hydrogen) atoms. The van der Waals surface area contributed by atoms with Gasteiger partial charge in [0, 0.05) is 5.02 Å². The Balaban J connectivity index is 1.74. The molecule has 2 fully saturated rings. The fourth-order valence-electron chi connectivity index (χ4n) is 3.64. The van der Waals surface area contributed by atoms with Crippen LogP contribution in [0, 0.1) is 18.8 Å². The third-order valence-electron chi connectivity index (χ3n) is 5.11. The van der Waals surface area contributed by atoms with Gasteiger partial charge in [-0.2, -0.15) is 0 Å². The van der Waals surface area contributed by atoms with Crippen LogP contribution in [0.3, 0.4) is 0 Å². The largest absolute Gasteiger partial charge is 0.366 e. The van der Waals surface area contributed by atoms with Crippen LogP contribution in [0.15, 0.2) is 18.2 Å². The molecular weight excluding hydrogens is 312 g/mol. The number of aliphatic hydroxyl groups is 1. The SMILES string of the molecule is Cc1ccc(C(CC(C)C2OC(C)(C)OC2O)C2CC2)cc1Cl. The van der Waals surface area contributed by atoms with E-state index in [4.69, 9.17) is 21.1 Å². The molecule has 3 rings (SSSR count).